The molecule has 0 aliphatic heterocycles. The Morgan fingerprint density at radius 3 is 2.92 bits per heavy atom. The summed E-state index contributed by atoms with van der Waals surface area (Å²) in [5.74, 6) is -0.167. The van der Waals surface area contributed by atoms with E-state index in [0.717, 1.165) is 41.2 Å². The number of hydrogen-bond acceptors (Lipinski definition) is 4. The van der Waals surface area contributed by atoms with Crippen LogP contribution in [0.5, 0.6) is 0 Å². The van der Waals surface area contributed by atoms with Crippen molar-refractivity contribution in [3.05, 3.63) is 64.9 Å². The van der Waals surface area contributed by atoms with Gasteiger partial charge in [-0.15, -0.1) is 11.3 Å². The summed E-state index contributed by atoms with van der Waals surface area (Å²) >= 11 is 1.58. The summed E-state index contributed by atoms with van der Waals surface area (Å²) in [6.07, 6.45) is 6.18. The smallest absolute Gasteiger partial charge is 0.274 e. The fraction of sp³-hybridized carbons (Fsp3) is 0.211. The van der Waals surface area contributed by atoms with Crippen molar-refractivity contribution in [1.82, 2.24) is 9.97 Å². The van der Waals surface area contributed by atoms with E-state index >= 15 is 0 Å². The van der Waals surface area contributed by atoms with Gasteiger partial charge in [-0.2, -0.15) is 0 Å². The summed E-state index contributed by atoms with van der Waals surface area (Å²) < 4.78 is 0. The summed E-state index contributed by atoms with van der Waals surface area (Å²) in [6.45, 7) is 0. The lowest BCUT2D eigenvalue weighted by atomic mass is 9.96. The minimum absolute atomic E-state index is 0.167. The molecule has 120 valence electrons. The number of rotatable bonds is 3. The van der Waals surface area contributed by atoms with Gasteiger partial charge in [0.15, 0.2) is 0 Å². The third-order valence-corrected chi connectivity index (χ3v) is 5.03. The second-order valence-electron chi connectivity index (χ2n) is 5.88. The predicted octanol–water partition coefficient (Wildman–Crippen LogP) is 4.34. The van der Waals surface area contributed by atoms with E-state index in [1.165, 1.54) is 12.0 Å². The summed E-state index contributed by atoms with van der Waals surface area (Å²) in [7, 11) is 0. The van der Waals surface area contributed by atoms with Crippen LogP contribution in [0.3, 0.4) is 0 Å². The molecule has 1 aliphatic carbocycles. The Balaban J connectivity index is 1.55. The van der Waals surface area contributed by atoms with Gasteiger partial charge in [0.1, 0.15) is 10.7 Å². The third kappa shape index (κ3) is 3.08. The van der Waals surface area contributed by atoms with Crippen molar-refractivity contribution < 1.29 is 4.79 Å². The highest BCUT2D eigenvalue weighted by atomic mass is 32.1. The number of aromatic nitrogens is 2. The molecule has 0 saturated carbocycles. The van der Waals surface area contributed by atoms with Crippen molar-refractivity contribution in [2.75, 3.05) is 5.32 Å². The zero-order valence-corrected chi connectivity index (χ0v) is 14.0. The minimum atomic E-state index is -0.167. The maximum Gasteiger partial charge on any atom is 0.274 e. The monoisotopic (exact) mass is 335 g/mol. The first kappa shape index (κ1) is 15.0. The molecule has 0 fully saturated rings. The van der Waals surface area contributed by atoms with Crippen LogP contribution in [-0.4, -0.2) is 15.9 Å². The Bertz CT molecular complexity index is 874. The maximum absolute atomic E-state index is 12.5. The second kappa shape index (κ2) is 6.53. The van der Waals surface area contributed by atoms with Crippen LogP contribution in [-0.2, 0) is 12.8 Å². The number of nitrogens with zero attached hydrogens (tertiary/aromatic N) is 2. The molecule has 5 heteroatoms. The Morgan fingerprint density at radius 1 is 1.12 bits per heavy atom. The summed E-state index contributed by atoms with van der Waals surface area (Å²) in [5, 5.41) is 5.83. The topological polar surface area (TPSA) is 54.9 Å². The van der Waals surface area contributed by atoms with Gasteiger partial charge in [0.25, 0.3) is 5.91 Å². The molecule has 0 unspecified atom stereocenters. The standard InChI is InChI=1S/C19H17N3OS/c23-18(17-9-8-13-4-1-2-7-16(13)22-17)21-15-6-3-5-14(12-15)19-20-10-11-24-19/h3,5-6,8-12H,1-2,4,7H2,(H,21,23). The Morgan fingerprint density at radius 2 is 2.04 bits per heavy atom. The molecule has 1 aliphatic rings. The summed E-state index contributed by atoms with van der Waals surface area (Å²) in [4.78, 5) is 21.4. The number of aryl methyl sites for hydroxylation is 2. The molecule has 4 nitrogen and oxygen atoms in total. The van der Waals surface area contributed by atoms with Gasteiger partial charge < -0.3 is 5.32 Å². The first-order valence-electron chi connectivity index (χ1n) is 8.10. The van der Waals surface area contributed by atoms with Crippen molar-refractivity contribution in [2.45, 2.75) is 25.7 Å². The number of anilines is 1. The molecular weight excluding hydrogens is 318 g/mol. The molecule has 2 heterocycles. The summed E-state index contributed by atoms with van der Waals surface area (Å²) in [5.41, 5.74) is 4.60. The van der Waals surface area contributed by atoms with Crippen LogP contribution in [0.2, 0.25) is 0 Å². The van der Waals surface area contributed by atoms with E-state index in [1.54, 1.807) is 17.5 Å². The average molecular weight is 335 g/mol. The Labute approximate surface area is 144 Å². The molecule has 1 N–H and O–H groups in total. The molecule has 24 heavy (non-hydrogen) atoms. The van der Waals surface area contributed by atoms with Crippen LogP contribution in [0.25, 0.3) is 10.6 Å². The van der Waals surface area contributed by atoms with Crippen LogP contribution in [0, 0.1) is 0 Å². The molecule has 1 amide bonds. The van der Waals surface area contributed by atoms with Crippen molar-refractivity contribution in [1.29, 1.82) is 0 Å². The molecular formula is C19H17N3OS. The Kier molecular flexibility index (Phi) is 4.09. The molecule has 1 aromatic carbocycles. The average Bonchev–Trinajstić information content (AvgIpc) is 3.16. The van der Waals surface area contributed by atoms with Gasteiger partial charge in [-0.05, 0) is 49.4 Å². The van der Waals surface area contributed by atoms with E-state index in [-0.39, 0.29) is 5.91 Å². The summed E-state index contributed by atoms with van der Waals surface area (Å²) in [6, 6.07) is 11.6. The number of amides is 1. The lowest BCUT2D eigenvalue weighted by Crippen LogP contribution is -2.16. The van der Waals surface area contributed by atoms with E-state index in [1.807, 2.05) is 41.8 Å². The number of fused-ring (bicyclic) bond motifs is 1. The van der Waals surface area contributed by atoms with E-state index in [4.69, 9.17) is 0 Å². The number of hydrogen-bond donors (Lipinski definition) is 1. The fourth-order valence-corrected chi connectivity index (χ4v) is 3.64. The largest absolute Gasteiger partial charge is 0.321 e. The van der Waals surface area contributed by atoms with Crippen LogP contribution < -0.4 is 5.32 Å². The van der Waals surface area contributed by atoms with Gasteiger partial charge in [-0.1, -0.05) is 18.2 Å². The quantitative estimate of drug-likeness (QED) is 0.775. The highest BCUT2D eigenvalue weighted by Crippen LogP contribution is 2.25. The maximum atomic E-state index is 12.5. The number of benzene rings is 1. The molecule has 4 rings (SSSR count). The van der Waals surface area contributed by atoms with Crippen molar-refractivity contribution >= 4 is 22.9 Å². The minimum Gasteiger partial charge on any atom is -0.321 e. The van der Waals surface area contributed by atoms with E-state index in [0.29, 0.717) is 5.69 Å². The van der Waals surface area contributed by atoms with E-state index < -0.39 is 0 Å². The highest BCUT2D eigenvalue weighted by Gasteiger charge is 2.15. The zero-order valence-electron chi connectivity index (χ0n) is 13.2. The van der Waals surface area contributed by atoms with Gasteiger partial charge in [-0.25, -0.2) is 9.97 Å². The van der Waals surface area contributed by atoms with Crippen molar-refractivity contribution in [3.63, 3.8) is 0 Å². The van der Waals surface area contributed by atoms with Gasteiger partial charge in [0, 0.05) is 28.5 Å². The van der Waals surface area contributed by atoms with Crippen molar-refractivity contribution in [2.24, 2.45) is 0 Å². The molecule has 0 atom stereocenters. The number of nitrogens with one attached hydrogen (secondary N) is 1. The molecule has 3 aromatic rings. The van der Waals surface area contributed by atoms with Crippen LogP contribution in [0.15, 0.2) is 48.0 Å². The number of pyridine rings is 1. The molecule has 0 radical (unpaired) electrons. The predicted molar refractivity (Wildman–Crippen MR) is 96.4 cm³/mol. The molecule has 0 bridgehead atoms. The highest BCUT2D eigenvalue weighted by molar-refractivity contribution is 7.13. The van der Waals surface area contributed by atoms with E-state index in [2.05, 4.69) is 15.3 Å². The first-order valence-corrected chi connectivity index (χ1v) is 8.98. The van der Waals surface area contributed by atoms with Gasteiger partial charge in [0.05, 0.1) is 0 Å². The van der Waals surface area contributed by atoms with E-state index in [9.17, 15) is 4.79 Å². The SMILES string of the molecule is O=C(Nc1cccc(-c2nccs2)c1)c1ccc2c(n1)CCCC2. The van der Waals surface area contributed by atoms with Gasteiger partial charge in [-0.3, -0.25) is 4.79 Å². The molecule has 0 spiro atoms. The fourth-order valence-electron chi connectivity index (χ4n) is 3.00. The lowest BCUT2D eigenvalue weighted by molar-refractivity contribution is 0.102. The van der Waals surface area contributed by atoms with Crippen LogP contribution >= 0.6 is 11.3 Å². The van der Waals surface area contributed by atoms with Gasteiger partial charge in [0.2, 0.25) is 0 Å². The van der Waals surface area contributed by atoms with Crippen molar-refractivity contribution in [3.8, 4) is 10.6 Å². The van der Waals surface area contributed by atoms with Crippen LogP contribution in [0.1, 0.15) is 34.6 Å². The number of thiazole rings is 1. The third-order valence-electron chi connectivity index (χ3n) is 4.21. The molecule has 0 saturated heterocycles. The number of carbonyl (C=O) groups is 1. The number of carbonyl (C=O) groups excluding carboxylic acids is 1. The molecule has 2 aromatic heterocycles. The normalized spacial score (nSPS) is 13.3. The lowest BCUT2D eigenvalue weighted by Gasteiger charge is -2.15. The van der Waals surface area contributed by atoms with Gasteiger partial charge >= 0.3 is 0 Å². The second-order valence-corrected chi connectivity index (χ2v) is 6.78. The first-order chi connectivity index (χ1) is 11.8. The Hall–Kier alpha value is -2.53. The van der Waals surface area contributed by atoms with Crippen LogP contribution in [0.4, 0.5) is 5.69 Å². The zero-order chi connectivity index (χ0) is 16.4.